The standard InChI is InChI=1S/C45H28F6N4O7/c1-21(39-33-15-27(48)17-35(50)43(33)52-41(39)23-3-7-25(46)8-4-23)31-19-29(54(57)58)11-13-37(31)61-45(56)62-38-14-12-30(55(59)60)20-32(38)22(2)40-34-16-28(49)18-36(51)44(34)53-42(40)24-5-9-26(47)10-6-24/h3-22,52-53H,1-2H3. The highest BCUT2D eigenvalue weighted by atomic mass is 19.2. The molecule has 2 heterocycles. The molecule has 8 aromatic rings. The molecule has 2 aromatic heterocycles. The Bertz CT molecular complexity index is 2910. The van der Waals surface area contributed by atoms with E-state index in [9.17, 15) is 42.6 Å². The van der Waals surface area contributed by atoms with Gasteiger partial charge in [0, 0.05) is 70.1 Å². The normalized spacial score (nSPS) is 12.4. The Labute approximate surface area is 345 Å². The fourth-order valence-corrected chi connectivity index (χ4v) is 7.74. The van der Waals surface area contributed by atoms with E-state index in [1.807, 2.05) is 0 Å². The van der Waals surface area contributed by atoms with E-state index < -0.39 is 74.1 Å². The van der Waals surface area contributed by atoms with Crippen LogP contribution in [0.25, 0.3) is 44.3 Å². The lowest BCUT2D eigenvalue weighted by Gasteiger charge is -2.20. The summed E-state index contributed by atoms with van der Waals surface area (Å²) in [7, 11) is 0. The van der Waals surface area contributed by atoms with E-state index in [1.54, 1.807) is 0 Å². The predicted octanol–water partition coefficient (Wildman–Crippen LogP) is 12.5. The maximum absolute atomic E-state index is 15.2. The average molecular weight is 851 g/mol. The van der Waals surface area contributed by atoms with Crippen molar-refractivity contribution in [3.05, 3.63) is 187 Å². The summed E-state index contributed by atoms with van der Waals surface area (Å²) in [5.74, 6) is -7.58. The van der Waals surface area contributed by atoms with Gasteiger partial charge in [0.05, 0.1) is 32.3 Å². The van der Waals surface area contributed by atoms with Gasteiger partial charge in [0.15, 0.2) is 0 Å². The summed E-state index contributed by atoms with van der Waals surface area (Å²) in [5, 5.41) is 24.1. The summed E-state index contributed by atoms with van der Waals surface area (Å²) in [6.45, 7) is 3.08. The van der Waals surface area contributed by atoms with Crippen LogP contribution < -0.4 is 9.47 Å². The van der Waals surface area contributed by atoms with Gasteiger partial charge in [0.2, 0.25) is 0 Å². The molecule has 0 bridgehead atoms. The molecule has 17 heteroatoms. The number of nitro groups is 2. The first kappa shape index (κ1) is 40.8. The SMILES string of the molecule is CC(c1cc([N+](=O)[O-])ccc1OC(=O)Oc1ccc([N+](=O)[O-])cc1C(C)c1c(-c2ccc(F)cc2)[nH]c2c(F)cc(F)cc12)c1c(-c2ccc(F)cc2)[nH]c2c(F)cc(F)cc12. The van der Waals surface area contributed by atoms with Gasteiger partial charge in [0.1, 0.15) is 46.4 Å². The number of carbonyl (C=O) groups excluding carboxylic acids is 1. The summed E-state index contributed by atoms with van der Waals surface area (Å²) in [6, 6.07) is 20.1. The van der Waals surface area contributed by atoms with Gasteiger partial charge in [-0.1, -0.05) is 13.8 Å². The van der Waals surface area contributed by atoms with Crippen molar-refractivity contribution in [3.63, 3.8) is 0 Å². The quantitative estimate of drug-likeness (QED) is 0.0456. The van der Waals surface area contributed by atoms with Gasteiger partial charge in [-0.25, -0.2) is 31.1 Å². The molecule has 2 unspecified atom stereocenters. The number of halogens is 6. The zero-order valence-electron chi connectivity index (χ0n) is 32.1. The molecule has 2 atom stereocenters. The summed E-state index contributed by atoms with van der Waals surface area (Å²) >= 11 is 0. The maximum atomic E-state index is 15.2. The predicted molar refractivity (Wildman–Crippen MR) is 215 cm³/mol. The van der Waals surface area contributed by atoms with Crippen molar-refractivity contribution in [1.82, 2.24) is 9.97 Å². The van der Waals surface area contributed by atoms with Crippen molar-refractivity contribution in [1.29, 1.82) is 0 Å². The molecule has 0 aliphatic heterocycles. The first-order chi connectivity index (χ1) is 29.6. The third-order valence-electron chi connectivity index (χ3n) is 10.6. The smallest absolute Gasteiger partial charge is 0.394 e. The molecule has 0 spiro atoms. The molecule has 8 rings (SSSR count). The molecule has 11 nitrogen and oxygen atoms in total. The van der Waals surface area contributed by atoms with Crippen molar-refractivity contribution < 1.29 is 50.5 Å². The number of nitrogens with one attached hydrogen (secondary N) is 2. The fourth-order valence-electron chi connectivity index (χ4n) is 7.74. The van der Waals surface area contributed by atoms with Crippen molar-refractivity contribution in [3.8, 4) is 34.0 Å². The van der Waals surface area contributed by atoms with Crippen LogP contribution >= 0.6 is 0 Å². The van der Waals surface area contributed by atoms with E-state index in [-0.39, 0.29) is 66.9 Å². The average Bonchev–Trinajstić information content (AvgIpc) is 3.80. The lowest BCUT2D eigenvalue weighted by molar-refractivity contribution is -0.385. The second kappa shape index (κ2) is 15.9. The topological polar surface area (TPSA) is 153 Å². The molecule has 2 N–H and O–H groups in total. The molecule has 0 amide bonds. The molecule has 0 fully saturated rings. The molecule has 0 aliphatic rings. The number of nitrogens with zero attached hydrogens (tertiary/aromatic N) is 2. The molecule has 62 heavy (non-hydrogen) atoms. The van der Waals surface area contributed by atoms with Gasteiger partial charge in [-0.2, -0.15) is 0 Å². The number of ether oxygens (including phenoxy) is 2. The number of aromatic nitrogens is 2. The monoisotopic (exact) mass is 850 g/mol. The summed E-state index contributed by atoms with van der Waals surface area (Å²) < 4.78 is 99.2. The van der Waals surface area contributed by atoms with E-state index in [2.05, 4.69) is 9.97 Å². The number of nitro benzene ring substituents is 2. The van der Waals surface area contributed by atoms with Gasteiger partial charge >= 0.3 is 6.16 Å². The number of H-pyrrole nitrogens is 2. The van der Waals surface area contributed by atoms with Gasteiger partial charge in [-0.05, 0) is 95.1 Å². The highest BCUT2D eigenvalue weighted by Crippen LogP contribution is 2.45. The number of carbonyl (C=O) groups is 1. The Hall–Kier alpha value is -7.95. The van der Waals surface area contributed by atoms with E-state index in [4.69, 9.17) is 9.47 Å². The molecular formula is C45H28F6N4O7. The number of non-ortho nitro benzene ring substituents is 2. The molecular weight excluding hydrogens is 823 g/mol. The van der Waals surface area contributed by atoms with Crippen LogP contribution in [0.15, 0.2) is 109 Å². The van der Waals surface area contributed by atoms with E-state index in [0.29, 0.717) is 23.3 Å². The van der Waals surface area contributed by atoms with Crippen LogP contribution in [-0.2, 0) is 0 Å². The van der Waals surface area contributed by atoms with Crippen LogP contribution in [0.3, 0.4) is 0 Å². The molecule has 0 aliphatic carbocycles. The maximum Gasteiger partial charge on any atom is 0.519 e. The minimum atomic E-state index is -1.43. The number of hydrogen-bond donors (Lipinski definition) is 2. The molecule has 6 aromatic carbocycles. The minimum absolute atomic E-state index is 0.0193. The Morgan fingerprint density at radius 3 is 1.26 bits per heavy atom. The third kappa shape index (κ3) is 7.55. The Kier molecular flexibility index (Phi) is 10.5. The first-order valence-corrected chi connectivity index (χ1v) is 18.6. The Morgan fingerprint density at radius 1 is 0.532 bits per heavy atom. The second-order valence-electron chi connectivity index (χ2n) is 14.3. The van der Waals surface area contributed by atoms with E-state index in [0.717, 1.165) is 72.8 Å². The lowest BCUT2D eigenvalue weighted by Crippen LogP contribution is -2.17. The van der Waals surface area contributed by atoms with E-state index in [1.165, 1.54) is 38.1 Å². The summed E-state index contributed by atoms with van der Waals surface area (Å²) in [5.41, 5.74) is 0.356. The van der Waals surface area contributed by atoms with Crippen LogP contribution in [0.4, 0.5) is 42.5 Å². The van der Waals surface area contributed by atoms with Crippen molar-refractivity contribution in [2.45, 2.75) is 25.7 Å². The Balaban J connectivity index is 1.21. The summed E-state index contributed by atoms with van der Waals surface area (Å²) in [6.07, 6.45) is -1.43. The van der Waals surface area contributed by atoms with Crippen molar-refractivity contribution in [2.24, 2.45) is 0 Å². The molecule has 0 saturated carbocycles. The van der Waals surface area contributed by atoms with Crippen LogP contribution in [-0.4, -0.2) is 26.0 Å². The second-order valence-corrected chi connectivity index (χ2v) is 14.3. The first-order valence-electron chi connectivity index (χ1n) is 18.6. The third-order valence-corrected chi connectivity index (χ3v) is 10.6. The minimum Gasteiger partial charge on any atom is -0.394 e. The number of hydrogen-bond acceptors (Lipinski definition) is 7. The van der Waals surface area contributed by atoms with Gasteiger partial charge in [-0.15, -0.1) is 0 Å². The van der Waals surface area contributed by atoms with Gasteiger partial charge < -0.3 is 19.4 Å². The zero-order valence-corrected chi connectivity index (χ0v) is 32.1. The largest absolute Gasteiger partial charge is 0.519 e. The lowest BCUT2D eigenvalue weighted by atomic mass is 9.88. The summed E-state index contributed by atoms with van der Waals surface area (Å²) in [4.78, 5) is 42.2. The number of benzene rings is 6. The van der Waals surface area contributed by atoms with Crippen molar-refractivity contribution >= 4 is 39.3 Å². The van der Waals surface area contributed by atoms with E-state index >= 15 is 8.78 Å². The number of rotatable bonds is 10. The number of fused-ring (bicyclic) bond motifs is 2. The van der Waals surface area contributed by atoms with Crippen molar-refractivity contribution in [2.75, 3.05) is 0 Å². The highest BCUT2D eigenvalue weighted by molar-refractivity contribution is 5.94. The van der Waals surface area contributed by atoms with Crippen LogP contribution in [0.1, 0.15) is 47.9 Å². The zero-order chi connectivity index (χ0) is 44.1. The van der Waals surface area contributed by atoms with Crippen LogP contribution in [0.2, 0.25) is 0 Å². The van der Waals surface area contributed by atoms with Gasteiger partial charge in [-0.3, -0.25) is 20.2 Å². The molecule has 0 radical (unpaired) electrons. The molecule has 0 saturated heterocycles. The fraction of sp³-hybridized carbons (Fsp3) is 0.0889. The molecule has 312 valence electrons. The highest BCUT2D eigenvalue weighted by Gasteiger charge is 2.30. The van der Waals surface area contributed by atoms with Gasteiger partial charge in [0.25, 0.3) is 11.4 Å². The van der Waals surface area contributed by atoms with Crippen LogP contribution in [0.5, 0.6) is 11.5 Å². The number of aromatic amines is 2. The van der Waals surface area contributed by atoms with Crippen LogP contribution in [0, 0.1) is 55.1 Å². The Morgan fingerprint density at radius 2 is 0.903 bits per heavy atom.